The molecule has 1 saturated carbocycles. The predicted molar refractivity (Wildman–Crippen MR) is 89.2 cm³/mol. The van der Waals surface area contributed by atoms with Gasteiger partial charge in [0.1, 0.15) is 5.54 Å². The third kappa shape index (κ3) is 3.20. The maximum Gasteiger partial charge on any atom is 0.325 e. The van der Waals surface area contributed by atoms with Crippen molar-refractivity contribution in [3.63, 3.8) is 0 Å². The second kappa shape index (κ2) is 6.71. The Hall–Kier alpha value is -1.24. The van der Waals surface area contributed by atoms with Crippen molar-refractivity contribution < 1.29 is 14.4 Å². The first kappa shape index (κ1) is 16.6. The number of carbonyl (C=O) groups is 3. The van der Waals surface area contributed by atoms with Gasteiger partial charge in [-0.2, -0.15) is 11.8 Å². The molecule has 0 bridgehead atoms. The molecule has 128 valence electrons. The molecule has 0 aromatic rings. The Morgan fingerprint density at radius 2 is 2.09 bits per heavy atom. The van der Waals surface area contributed by atoms with Gasteiger partial charge in [0.2, 0.25) is 5.91 Å². The molecule has 3 rings (SSSR count). The van der Waals surface area contributed by atoms with Crippen molar-refractivity contribution in [3.8, 4) is 0 Å². The van der Waals surface area contributed by atoms with Crippen LogP contribution in [-0.2, 0) is 9.59 Å². The van der Waals surface area contributed by atoms with Crippen LogP contribution in [0.2, 0.25) is 0 Å². The summed E-state index contributed by atoms with van der Waals surface area (Å²) in [6.07, 6.45) is 4.69. The molecular formula is C16H25N3O3S. The van der Waals surface area contributed by atoms with Crippen molar-refractivity contribution in [2.75, 3.05) is 25.4 Å². The lowest BCUT2D eigenvalue weighted by Crippen LogP contribution is -2.45. The summed E-state index contributed by atoms with van der Waals surface area (Å²) in [4.78, 5) is 40.2. The van der Waals surface area contributed by atoms with E-state index < -0.39 is 5.54 Å². The average molecular weight is 339 g/mol. The molecule has 0 aromatic heterocycles. The highest BCUT2D eigenvalue weighted by atomic mass is 32.2. The van der Waals surface area contributed by atoms with Gasteiger partial charge in [-0.15, -0.1) is 0 Å². The van der Waals surface area contributed by atoms with E-state index in [-0.39, 0.29) is 30.8 Å². The fourth-order valence-corrected chi connectivity index (χ4v) is 4.94. The first-order chi connectivity index (χ1) is 11.1. The number of imide groups is 1. The monoisotopic (exact) mass is 339 g/mol. The third-order valence-electron chi connectivity index (χ3n) is 5.20. The van der Waals surface area contributed by atoms with Gasteiger partial charge in [0.25, 0.3) is 5.91 Å². The van der Waals surface area contributed by atoms with Gasteiger partial charge >= 0.3 is 6.03 Å². The largest absolute Gasteiger partial charge is 0.341 e. The Morgan fingerprint density at radius 1 is 1.35 bits per heavy atom. The minimum absolute atomic E-state index is 0.0525. The Kier molecular flexibility index (Phi) is 4.85. The van der Waals surface area contributed by atoms with Crippen LogP contribution in [0.15, 0.2) is 0 Å². The van der Waals surface area contributed by atoms with Crippen molar-refractivity contribution in [1.82, 2.24) is 15.1 Å². The Balaban J connectivity index is 1.54. The van der Waals surface area contributed by atoms with Crippen LogP contribution in [0.5, 0.6) is 0 Å². The van der Waals surface area contributed by atoms with Gasteiger partial charge in [0.15, 0.2) is 0 Å². The van der Waals surface area contributed by atoms with E-state index in [1.165, 1.54) is 4.90 Å². The molecule has 0 radical (unpaired) electrons. The average Bonchev–Trinajstić information content (AvgIpc) is 3.12. The van der Waals surface area contributed by atoms with Crippen molar-refractivity contribution in [3.05, 3.63) is 0 Å². The highest BCUT2D eigenvalue weighted by Gasteiger charge is 2.52. The van der Waals surface area contributed by atoms with Gasteiger partial charge < -0.3 is 10.2 Å². The summed E-state index contributed by atoms with van der Waals surface area (Å²) in [5.74, 6) is 0.890. The quantitative estimate of drug-likeness (QED) is 0.790. The minimum atomic E-state index is -0.671. The molecule has 2 aliphatic heterocycles. The zero-order valence-corrected chi connectivity index (χ0v) is 14.5. The van der Waals surface area contributed by atoms with Gasteiger partial charge in [-0.3, -0.25) is 14.5 Å². The molecular weight excluding hydrogens is 314 g/mol. The van der Waals surface area contributed by atoms with E-state index in [2.05, 4.69) is 12.2 Å². The Labute approximate surface area is 141 Å². The molecule has 2 saturated heterocycles. The maximum atomic E-state index is 12.5. The second-order valence-electron chi connectivity index (χ2n) is 6.67. The summed E-state index contributed by atoms with van der Waals surface area (Å²) in [7, 11) is 0. The van der Waals surface area contributed by atoms with Crippen LogP contribution in [0, 0.1) is 0 Å². The highest BCUT2D eigenvalue weighted by molar-refractivity contribution is 8.00. The van der Waals surface area contributed by atoms with Crippen LogP contribution in [0.1, 0.15) is 45.4 Å². The van der Waals surface area contributed by atoms with Crippen LogP contribution in [-0.4, -0.2) is 63.8 Å². The molecule has 3 fully saturated rings. The zero-order valence-electron chi connectivity index (χ0n) is 13.7. The number of hydrogen-bond donors (Lipinski definition) is 1. The molecule has 1 aliphatic carbocycles. The summed E-state index contributed by atoms with van der Waals surface area (Å²) in [6, 6.07) is -0.328. The second-order valence-corrected chi connectivity index (χ2v) is 8.08. The number of hydrogen-bond acceptors (Lipinski definition) is 4. The molecule has 1 spiro atoms. The van der Waals surface area contributed by atoms with Crippen LogP contribution in [0.4, 0.5) is 4.79 Å². The summed E-state index contributed by atoms with van der Waals surface area (Å²) >= 11 is 1.92. The van der Waals surface area contributed by atoms with Gasteiger partial charge in [0, 0.05) is 37.1 Å². The van der Waals surface area contributed by atoms with E-state index in [9.17, 15) is 14.4 Å². The molecule has 2 heterocycles. The van der Waals surface area contributed by atoms with Gasteiger partial charge in [-0.1, -0.05) is 19.8 Å². The van der Waals surface area contributed by atoms with Gasteiger partial charge in [-0.25, -0.2) is 4.79 Å². The van der Waals surface area contributed by atoms with Crippen molar-refractivity contribution in [2.24, 2.45) is 0 Å². The number of nitrogens with one attached hydrogen (secondary N) is 1. The molecule has 23 heavy (non-hydrogen) atoms. The van der Waals surface area contributed by atoms with Crippen LogP contribution in [0.25, 0.3) is 0 Å². The van der Waals surface area contributed by atoms with E-state index in [0.717, 1.165) is 50.9 Å². The van der Waals surface area contributed by atoms with E-state index in [4.69, 9.17) is 0 Å². The predicted octanol–water partition coefficient (Wildman–Crippen LogP) is 1.60. The standard InChI is InChI=1S/C16H25N3O3S/c1-2-12-11-18(9-10-23-12)13(20)5-8-19-14(21)16(17-15(19)22)6-3-4-7-16/h12H,2-11H2,1H3,(H,17,22). The van der Waals surface area contributed by atoms with E-state index in [1.807, 2.05) is 16.7 Å². The Morgan fingerprint density at radius 3 is 2.78 bits per heavy atom. The summed E-state index contributed by atoms with van der Waals surface area (Å²) in [6.45, 7) is 3.89. The molecule has 1 atom stereocenters. The number of rotatable bonds is 4. The molecule has 1 N–H and O–H groups in total. The fraction of sp³-hybridized carbons (Fsp3) is 0.812. The summed E-state index contributed by atoms with van der Waals surface area (Å²) < 4.78 is 0. The smallest absolute Gasteiger partial charge is 0.325 e. The number of thioether (sulfide) groups is 1. The molecule has 0 aromatic carbocycles. The van der Waals surface area contributed by atoms with Crippen molar-refractivity contribution in [2.45, 2.75) is 56.2 Å². The molecule has 6 nitrogen and oxygen atoms in total. The normalized spacial score (nSPS) is 26.9. The topological polar surface area (TPSA) is 69.7 Å². The molecule has 3 aliphatic rings. The summed E-state index contributed by atoms with van der Waals surface area (Å²) in [5.41, 5.74) is -0.671. The first-order valence-corrected chi connectivity index (χ1v) is 9.64. The first-order valence-electron chi connectivity index (χ1n) is 8.59. The van der Waals surface area contributed by atoms with E-state index in [1.54, 1.807) is 0 Å². The highest BCUT2D eigenvalue weighted by Crippen LogP contribution is 2.35. The van der Waals surface area contributed by atoms with Crippen LogP contribution >= 0.6 is 11.8 Å². The lowest BCUT2D eigenvalue weighted by atomic mass is 9.98. The number of nitrogens with zero attached hydrogens (tertiary/aromatic N) is 2. The molecule has 7 heteroatoms. The van der Waals surface area contributed by atoms with E-state index >= 15 is 0 Å². The maximum absolute atomic E-state index is 12.5. The lowest BCUT2D eigenvalue weighted by molar-refractivity contribution is -0.133. The van der Waals surface area contributed by atoms with Gasteiger partial charge in [-0.05, 0) is 19.3 Å². The SMILES string of the molecule is CCC1CN(C(=O)CCN2C(=O)NC3(CCCC3)C2=O)CCS1. The van der Waals surface area contributed by atoms with Gasteiger partial charge in [0.05, 0.1) is 0 Å². The molecule has 4 amide bonds. The third-order valence-corrected chi connectivity index (χ3v) is 6.57. The minimum Gasteiger partial charge on any atom is -0.341 e. The lowest BCUT2D eigenvalue weighted by Gasteiger charge is -2.32. The van der Waals surface area contributed by atoms with Crippen LogP contribution in [0.3, 0.4) is 0 Å². The number of carbonyl (C=O) groups excluding carboxylic acids is 3. The van der Waals surface area contributed by atoms with Crippen molar-refractivity contribution in [1.29, 1.82) is 0 Å². The summed E-state index contributed by atoms with van der Waals surface area (Å²) in [5, 5.41) is 3.36. The van der Waals surface area contributed by atoms with Crippen LogP contribution < -0.4 is 5.32 Å². The molecule has 1 unspecified atom stereocenters. The Bertz CT molecular complexity index is 505. The van der Waals surface area contributed by atoms with Crippen molar-refractivity contribution >= 4 is 29.6 Å². The fourth-order valence-electron chi connectivity index (χ4n) is 3.76. The van der Waals surface area contributed by atoms with E-state index in [0.29, 0.717) is 5.25 Å². The number of urea groups is 1. The number of amides is 4. The zero-order chi connectivity index (χ0) is 16.4.